The Hall–Kier alpha value is -3.17. The van der Waals surface area contributed by atoms with E-state index in [1.54, 1.807) is 12.3 Å². The Morgan fingerprint density at radius 3 is 2.75 bits per heavy atom. The topological polar surface area (TPSA) is 88.8 Å². The van der Waals surface area contributed by atoms with Crippen LogP contribution in [0.25, 0.3) is 16.9 Å². The van der Waals surface area contributed by atoms with Gasteiger partial charge in [0.2, 0.25) is 5.91 Å². The van der Waals surface area contributed by atoms with E-state index in [0.717, 1.165) is 25.3 Å². The molecule has 0 saturated carbocycles. The summed E-state index contributed by atoms with van der Waals surface area (Å²) in [5.41, 5.74) is 0.181. The van der Waals surface area contributed by atoms with Crippen LogP contribution in [0, 0.1) is 0 Å². The molecule has 0 bridgehead atoms. The number of carbonyl (C=O) groups is 1. The van der Waals surface area contributed by atoms with Crippen molar-refractivity contribution in [2.75, 3.05) is 16.8 Å². The van der Waals surface area contributed by atoms with Gasteiger partial charge in [-0.2, -0.15) is 13.5 Å². The van der Waals surface area contributed by atoms with Gasteiger partial charge >= 0.3 is 0 Å². The van der Waals surface area contributed by atoms with E-state index in [-0.39, 0.29) is 11.9 Å². The first-order chi connectivity index (χ1) is 13.2. The molecule has 3 aromatic heterocycles. The van der Waals surface area contributed by atoms with E-state index in [0.29, 0.717) is 23.2 Å². The molecule has 8 nitrogen and oxygen atoms in total. The molecule has 4 rings (SSSR count). The molecule has 4 heterocycles. The van der Waals surface area contributed by atoms with Crippen molar-refractivity contribution in [2.24, 2.45) is 0 Å². The fourth-order valence-electron chi connectivity index (χ4n) is 3.13. The molecule has 0 spiro atoms. The van der Waals surface area contributed by atoms with Crippen LogP contribution in [0.15, 0.2) is 24.5 Å². The van der Waals surface area contributed by atoms with E-state index in [4.69, 9.17) is 0 Å². The summed E-state index contributed by atoms with van der Waals surface area (Å²) in [6.07, 6.45) is 3.94. The molecule has 1 aliphatic heterocycles. The van der Waals surface area contributed by atoms with Crippen molar-refractivity contribution >= 4 is 28.4 Å². The molecular weight excluding hydrogens is 368 g/mol. The Labute approximate surface area is 159 Å². The highest BCUT2D eigenvalue weighted by molar-refractivity contribution is 5.95. The molecule has 1 unspecified atom stereocenters. The predicted molar refractivity (Wildman–Crippen MR) is 99.8 cm³/mol. The Morgan fingerprint density at radius 2 is 2.14 bits per heavy atom. The fraction of sp³-hybridized carbons (Fsp3) is 0.389. The molecule has 10 heteroatoms. The number of hydrogen-bond donors (Lipinski definition) is 1. The van der Waals surface area contributed by atoms with Crippen LogP contribution in [-0.4, -0.2) is 43.2 Å². The zero-order valence-electron chi connectivity index (χ0n) is 15.6. The zero-order chi connectivity index (χ0) is 20.1. The lowest BCUT2D eigenvalue weighted by Gasteiger charge is -2.39. The number of pyridine rings is 1. The lowest BCUT2D eigenvalue weighted by atomic mass is 10.1. The van der Waals surface area contributed by atoms with Crippen LogP contribution in [0.4, 0.5) is 20.4 Å². The van der Waals surface area contributed by atoms with E-state index in [2.05, 4.69) is 37.2 Å². The van der Waals surface area contributed by atoms with Gasteiger partial charge in [-0.15, -0.1) is 5.10 Å². The fourth-order valence-corrected chi connectivity index (χ4v) is 3.13. The molecule has 146 valence electrons. The van der Waals surface area contributed by atoms with Gasteiger partial charge in [-0.1, -0.05) is 0 Å². The molecule has 1 N–H and O–H groups in total. The number of carbonyl (C=O) groups excluding carboxylic acids is 1. The second-order valence-corrected chi connectivity index (χ2v) is 6.96. The Morgan fingerprint density at radius 1 is 1.36 bits per heavy atom. The maximum atomic E-state index is 13.7. The minimum Gasteiger partial charge on any atom is -0.352 e. The molecule has 3 aromatic rings. The van der Waals surface area contributed by atoms with Crippen molar-refractivity contribution in [2.45, 2.75) is 39.2 Å². The maximum Gasteiger partial charge on any atom is 0.287 e. The lowest BCUT2D eigenvalue weighted by molar-refractivity contribution is -0.114. The molecule has 1 fully saturated rings. The first-order valence-electron chi connectivity index (χ1n) is 8.89. The van der Waals surface area contributed by atoms with Gasteiger partial charge in [0.05, 0.1) is 10.9 Å². The number of halogens is 2. The lowest BCUT2D eigenvalue weighted by Crippen LogP contribution is -2.46. The van der Waals surface area contributed by atoms with Gasteiger partial charge in [0.1, 0.15) is 11.5 Å². The first-order valence-corrected chi connectivity index (χ1v) is 8.89. The SMILES string of the molecule is CC(=O)Nc1cc2c(cn1)c(N1CCC1C)nn2-c1nccc(C(C)(F)F)n1. The van der Waals surface area contributed by atoms with Crippen molar-refractivity contribution in [1.29, 1.82) is 0 Å². The summed E-state index contributed by atoms with van der Waals surface area (Å²) in [6, 6.07) is 3.13. The first kappa shape index (κ1) is 18.2. The Bertz CT molecular complexity index is 1060. The van der Waals surface area contributed by atoms with Crippen molar-refractivity contribution in [1.82, 2.24) is 24.7 Å². The average molecular weight is 387 g/mol. The number of nitrogens with zero attached hydrogens (tertiary/aromatic N) is 6. The number of fused-ring (bicyclic) bond motifs is 1. The van der Waals surface area contributed by atoms with Gasteiger partial charge in [-0.3, -0.25) is 4.79 Å². The molecular formula is C18H19F2N7O. The summed E-state index contributed by atoms with van der Waals surface area (Å²) in [4.78, 5) is 25.9. The molecule has 1 aliphatic rings. The highest BCUT2D eigenvalue weighted by atomic mass is 19.3. The van der Waals surface area contributed by atoms with Gasteiger partial charge in [-0.05, 0) is 19.4 Å². The standard InChI is InChI=1S/C18H19F2N7O/c1-10-5-7-26(10)16-12-9-22-15(23-11(2)28)8-13(12)27(25-16)17-21-6-4-14(24-17)18(3,19)20/h4,6,8-10H,5,7H2,1-3H3,(H,22,23,28). The number of rotatable bonds is 4. The third-order valence-corrected chi connectivity index (χ3v) is 4.72. The average Bonchev–Trinajstić information content (AvgIpc) is 2.98. The van der Waals surface area contributed by atoms with Crippen molar-refractivity contribution < 1.29 is 13.6 Å². The van der Waals surface area contributed by atoms with E-state index in [1.165, 1.54) is 23.9 Å². The van der Waals surface area contributed by atoms with Crippen LogP contribution in [0.1, 0.15) is 32.9 Å². The van der Waals surface area contributed by atoms with Gasteiger partial charge in [0, 0.05) is 44.9 Å². The summed E-state index contributed by atoms with van der Waals surface area (Å²) >= 11 is 0. The number of aromatic nitrogens is 5. The summed E-state index contributed by atoms with van der Waals surface area (Å²) in [5, 5.41) is 7.95. The van der Waals surface area contributed by atoms with Crippen LogP contribution in [0.3, 0.4) is 0 Å². The minimum absolute atomic E-state index is 0.0310. The normalized spacial score (nSPS) is 16.9. The predicted octanol–water partition coefficient (Wildman–Crippen LogP) is 2.88. The van der Waals surface area contributed by atoms with E-state index in [1.807, 2.05) is 0 Å². The van der Waals surface area contributed by atoms with Crippen LogP contribution in [0.5, 0.6) is 0 Å². The summed E-state index contributed by atoms with van der Waals surface area (Å²) in [7, 11) is 0. The van der Waals surface area contributed by atoms with E-state index >= 15 is 0 Å². The quantitative estimate of drug-likeness (QED) is 0.741. The molecule has 0 radical (unpaired) electrons. The van der Waals surface area contributed by atoms with Crippen molar-refractivity contribution in [3.05, 3.63) is 30.2 Å². The number of nitrogens with one attached hydrogen (secondary N) is 1. The van der Waals surface area contributed by atoms with Crippen LogP contribution in [-0.2, 0) is 10.7 Å². The molecule has 1 amide bonds. The summed E-state index contributed by atoms with van der Waals surface area (Å²) in [5.74, 6) is -2.31. The smallest absolute Gasteiger partial charge is 0.287 e. The monoisotopic (exact) mass is 387 g/mol. The van der Waals surface area contributed by atoms with Crippen LogP contribution >= 0.6 is 0 Å². The minimum atomic E-state index is -3.10. The van der Waals surface area contributed by atoms with Gasteiger partial charge < -0.3 is 10.2 Å². The maximum absolute atomic E-state index is 13.7. The molecule has 1 saturated heterocycles. The number of anilines is 2. The van der Waals surface area contributed by atoms with Gasteiger partial charge in [0.15, 0.2) is 5.82 Å². The van der Waals surface area contributed by atoms with E-state index in [9.17, 15) is 13.6 Å². The third kappa shape index (κ3) is 3.14. The molecule has 1 atom stereocenters. The molecule has 28 heavy (non-hydrogen) atoms. The number of amides is 1. The summed E-state index contributed by atoms with van der Waals surface area (Å²) < 4.78 is 28.9. The highest BCUT2D eigenvalue weighted by Crippen LogP contribution is 2.34. The van der Waals surface area contributed by atoms with Crippen LogP contribution in [0.2, 0.25) is 0 Å². The van der Waals surface area contributed by atoms with Gasteiger partial charge in [0.25, 0.3) is 11.9 Å². The second-order valence-electron chi connectivity index (χ2n) is 6.96. The third-order valence-electron chi connectivity index (χ3n) is 4.72. The Kier molecular flexibility index (Phi) is 4.20. The highest BCUT2D eigenvalue weighted by Gasteiger charge is 2.30. The molecule has 0 aromatic carbocycles. The van der Waals surface area contributed by atoms with E-state index < -0.39 is 11.6 Å². The number of hydrogen-bond acceptors (Lipinski definition) is 6. The zero-order valence-corrected chi connectivity index (χ0v) is 15.6. The summed E-state index contributed by atoms with van der Waals surface area (Å²) in [6.45, 7) is 5.09. The van der Waals surface area contributed by atoms with Crippen molar-refractivity contribution in [3.63, 3.8) is 0 Å². The number of alkyl halides is 2. The van der Waals surface area contributed by atoms with Crippen LogP contribution < -0.4 is 10.2 Å². The van der Waals surface area contributed by atoms with Crippen molar-refractivity contribution in [3.8, 4) is 5.95 Å². The second kappa shape index (κ2) is 6.47. The van der Waals surface area contributed by atoms with Gasteiger partial charge in [-0.25, -0.2) is 15.0 Å². The molecule has 0 aliphatic carbocycles. The Balaban J connectivity index is 1.90. The largest absolute Gasteiger partial charge is 0.352 e.